The number of fused-ring (bicyclic) bond motifs is 1. The third-order valence-electron chi connectivity index (χ3n) is 3.49. The minimum absolute atomic E-state index is 0.820. The molecule has 2 heteroatoms. The minimum Gasteiger partial charge on any atom is -0.399 e. The van der Waals surface area contributed by atoms with Gasteiger partial charge in [-0.25, -0.2) is 0 Å². The van der Waals surface area contributed by atoms with Gasteiger partial charge in [0.05, 0.1) is 5.52 Å². The Labute approximate surface area is 112 Å². The lowest BCUT2D eigenvalue weighted by Crippen LogP contribution is -1.95. The lowest BCUT2D eigenvalue weighted by molar-refractivity contribution is 1.16. The van der Waals surface area contributed by atoms with E-state index < -0.39 is 0 Å². The first kappa shape index (κ1) is 11.7. The van der Waals surface area contributed by atoms with E-state index in [1.54, 1.807) is 0 Å². The van der Waals surface area contributed by atoms with Gasteiger partial charge in [-0.3, -0.25) is 4.98 Å². The zero-order valence-corrected chi connectivity index (χ0v) is 10.9. The zero-order chi connectivity index (χ0) is 13.2. The number of rotatable bonds is 2. The Kier molecular flexibility index (Phi) is 2.92. The third-order valence-corrected chi connectivity index (χ3v) is 3.49. The van der Waals surface area contributed by atoms with Crippen LogP contribution in [0.15, 0.2) is 54.7 Å². The number of aryl methyl sites for hydroxylation is 1. The van der Waals surface area contributed by atoms with Gasteiger partial charge in [0.25, 0.3) is 0 Å². The molecule has 0 saturated carbocycles. The zero-order valence-electron chi connectivity index (χ0n) is 10.9. The van der Waals surface area contributed by atoms with Gasteiger partial charge in [0.2, 0.25) is 0 Å². The summed E-state index contributed by atoms with van der Waals surface area (Å²) in [4.78, 5) is 4.40. The molecular formula is C17H16N2. The topological polar surface area (TPSA) is 38.9 Å². The van der Waals surface area contributed by atoms with E-state index >= 15 is 0 Å². The second kappa shape index (κ2) is 4.73. The molecule has 3 aromatic rings. The fourth-order valence-electron chi connectivity index (χ4n) is 2.43. The molecule has 0 unspecified atom stereocenters. The molecule has 0 radical (unpaired) electrons. The Balaban J connectivity index is 2.06. The molecule has 2 nitrogen and oxygen atoms in total. The normalized spacial score (nSPS) is 10.8. The van der Waals surface area contributed by atoms with E-state index in [9.17, 15) is 0 Å². The van der Waals surface area contributed by atoms with Crippen LogP contribution in [-0.2, 0) is 6.42 Å². The van der Waals surface area contributed by atoms with Crippen LogP contribution in [0.3, 0.4) is 0 Å². The molecule has 0 fully saturated rings. The second-order valence-corrected chi connectivity index (χ2v) is 4.85. The standard InChI is InChI=1S/C17H16N2/c1-12-10-15(18)7-6-13(12)11-14-8-9-19-17-5-3-2-4-16(14)17/h2-10H,11,18H2,1H3. The molecule has 0 bridgehead atoms. The van der Waals surface area contributed by atoms with Gasteiger partial charge in [-0.1, -0.05) is 24.3 Å². The van der Waals surface area contributed by atoms with Gasteiger partial charge in [0.15, 0.2) is 0 Å². The van der Waals surface area contributed by atoms with E-state index in [2.05, 4.69) is 42.2 Å². The number of anilines is 1. The van der Waals surface area contributed by atoms with E-state index in [0.717, 1.165) is 17.6 Å². The maximum Gasteiger partial charge on any atom is 0.0704 e. The lowest BCUT2D eigenvalue weighted by Gasteiger charge is -2.09. The number of aromatic nitrogens is 1. The predicted octanol–water partition coefficient (Wildman–Crippen LogP) is 3.72. The number of benzene rings is 2. The van der Waals surface area contributed by atoms with Crippen molar-refractivity contribution < 1.29 is 0 Å². The van der Waals surface area contributed by atoms with Crippen molar-refractivity contribution in [2.75, 3.05) is 5.73 Å². The summed E-state index contributed by atoms with van der Waals surface area (Å²) in [5.41, 5.74) is 11.5. The molecule has 2 N–H and O–H groups in total. The van der Waals surface area contributed by atoms with E-state index in [-0.39, 0.29) is 0 Å². The van der Waals surface area contributed by atoms with Crippen molar-refractivity contribution in [1.29, 1.82) is 0 Å². The van der Waals surface area contributed by atoms with Crippen molar-refractivity contribution in [1.82, 2.24) is 4.98 Å². The van der Waals surface area contributed by atoms with Crippen LogP contribution >= 0.6 is 0 Å². The highest BCUT2D eigenvalue weighted by molar-refractivity contribution is 5.82. The van der Waals surface area contributed by atoms with Gasteiger partial charge in [-0.05, 0) is 54.3 Å². The van der Waals surface area contributed by atoms with Crippen LogP contribution in [0.2, 0.25) is 0 Å². The highest BCUT2D eigenvalue weighted by Gasteiger charge is 2.05. The molecule has 0 aliphatic heterocycles. The average molecular weight is 248 g/mol. The van der Waals surface area contributed by atoms with Gasteiger partial charge < -0.3 is 5.73 Å². The van der Waals surface area contributed by atoms with Crippen molar-refractivity contribution in [3.8, 4) is 0 Å². The summed E-state index contributed by atoms with van der Waals surface area (Å²) in [5, 5.41) is 1.22. The summed E-state index contributed by atoms with van der Waals surface area (Å²) in [6.07, 6.45) is 2.79. The van der Waals surface area contributed by atoms with Crippen LogP contribution in [0.1, 0.15) is 16.7 Å². The first-order valence-corrected chi connectivity index (χ1v) is 6.41. The van der Waals surface area contributed by atoms with Crippen LogP contribution in [0.5, 0.6) is 0 Å². The van der Waals surface area contributed by atoms with Crippen molar-refractivity contribution in [2.24, 2.45) is 0 Å². The predicted molar refractivity (Wildman–Crippen MR) is 80.1 cm³/mol. The summed E-state index contributed by atoms with van der Waals surface area (Å²) in [6.45, 7) is 2.11. The summed E-state index contributed by atoms with van der Waals surface area (Å²) in [6, 6.07) is 16.5. The molecule has 3 rings (SSSR count). The first-order valence-electron chi connectivity index (χ1n) is 6.41. The van der Waals surface area contributed by atoms with E-state index in [1.165, 1.54) is 22.1 Å². The second-order valence-electron chi connectivity index (χ2n) is 4.85. The van der Waals surface area contributed by atoms with Crippen LogP contribution in [0.25, 0.3) is 10.9 Å². The number of para-hydroxylation sites is 1. The number of nitrogens with zero attached hydrogens (tertiary/aromatic N) is 1. The van der Waals surface area contributed by atoms with Gasteiger partial charge >= 0.3 is 0 Å². The molecule has 0 aliphatic rings. The summed E-state index contributed by atoms with van der Waals surface area (Å²) in [7, 11) is 0. The first-order chi connectivity index (χ1) is 9.24. The molecule has 94 valence electrons. The van der Waals surface area contributed by atoms with Crippen molar-refractivity contribution >= 4 is 16.6 Å². The smallest absolute Gasteiger partial charge is 0.0704 e. The molecule has 0 amide bonds. The monoisotopic (exact) mass is 248 g/mol. The number of nitrogen functional groups attached to an aromatic ring is 1. The van der Waals surface area contributed by atoms with E-state index in [4.69, 9.17) is 5.73 Å². The Morgan fingerprint density at radius 2 is 1.84 bits per heavy atom. The van der Waals surface area contributed by atoms with Gasteiger partial charge in [0.1, 0.15) is 0 Å². The van der Waals surface area contributed by atoms with Crippen molar-refractivity contribution in [2.45, 2.75) is 13.3 Å². The number of pyridine rings is 1. The minimum atomic E-state index is 0.820. The Hall–Kier alpha value is -2.35. The van der Waals surface area contributed by atoms with Crippen molar-refractivity contribution in [3.05, 3.63) is 71.4 Å². The maximum absolute atomic E-state index is 5.80. The highest BCUT2D eigenvalue weighted by Crippen LogP contribution is 2.22. The molecule has 0 spiro atoms. The maximum atomic E-state index is 5.80. The lowest BCUT2D eigenvalue weighted by atomic mass is 9.98. The van der Waals surface area contributed by atoms with Crippen LogP contribution in [0, 0.1) is 6.92 Å². The number of hydrogen-bond acceptors (Lipinski definition) is 2. The molecular weight excluding hydrogens is 232 g/mol. The van der Waals surface area contributed by atoms with Gasteiger partial charge in [-0.2, -0.15) is 0 Å². The number of hydrogen-bond donors (Lipinski definition) is 1. The fourth-order valence-corrected chi connectivity index (χ4v) is 2.43. The largest absolute Gasteiger partial charge is 0.399 e. The average Bonchev–Trinajstić information content (AvgIpc) is 2.42. The van der Waals surface area contributed by atoms with Gasteiger partial charge in [-0.15, -0.1) is 0 Å². The molecule has 0 atom stereocenters. The number of nitrogens with two attached hydrogens (primary N) is 1. The van der Waals surface area contributed by atoms with E-state index in [1.807, 2.05) is 24.4 Å². The SMILES string of the molecule is Cc1cc(N)ccc1Cc1ccnc2ccccc12. The van der Waals surface area contributed by atoms with Crippen LogP contribution in [-0.4, -0.2) is 4.98 Å². The summed E-state index contributed by atoms with van der Waals surface area (Å²) >= 11 is 0. The van der Waals surface area contributed by atoms with Crippen LogP contribution < -0.4 is 5.73 Å². The summed E-state index contributed by atoms with van der Waals surface area (Å²) in [5.74, 6) is 0. The Morgan fingerprint density at radius 1 is 1.00 bits per heavy atom. The third kappa shape index (κ3) is 2.29. The fraction of sp³-hybridized carbons (Fsp3) is 0.118. The molecule has 0 saturated heterocycles. The molecule has 0 aliphatic carbocycles. The summed E-state index contributed by atoms with van der Waals surface area (Å²) < 4.78 is 0. The molecule has 1 heterocycles. The molecule has 1 aromatic heterocycles. The highest BCUT2D eigenvalue weighted by atomic mass is 14.6. The quantitative estimate of drug-likeness (QED) is 0.702. The van der Waals surface area contributed by atoms with E-state index in [0.29, 0.717) is 0 Å². The van der Waals surface area contributed by atoms with Crippen molar-refractivity contribution in [3.63, 3.8) is 0 Å². The molecule has 2 aromatic carbocycles. The Morgan fingerprint density at radius 3 is 2.68 bits per heavy atom. The molecule has 19 heavy (non-hydrogen) atoms. The van der Waals surface area contributed by atoms with Crippen LogP contribution in [0.4, 0.5) is 5.69 Å². The Bertz CT molecular complexity index is 727. The van der Waals surface area contributed by atoms with Gasteiger partial charge in [0, 0.05) is 17.3 Å².